The van der Waals surface area contributed by atoms with Crippen LogP contribution in [-0.4, -0.2) is 36.2 Å². The number of hydrogen-bond donors (Lipinski definition) is 1. The van der Waals surface area contributed by atoms with Gasteiger partial charge in [0.1, 0.15) is 6.17 Å². The van der Waals surface area contributed by atoms with Gasteiger partial charge in [-0.05, 0) is 6.42 Å². The van der Waals surface area contributed by atoms with E-state index in [0.29, 0.717) is 19.4 Å². The molecule has 0 bridgehead atoms. The summed E-state index contributed by atoms with van der Waals surface area (Å²) in [5.74, 6) is 0.132. The second kappa shape index (κ2) is 3.24. The number of likely N-dealkylation sites (tertiary alicyclic amines) is 1. The number of nitrogens with one attached hydrogen (secondary N) is 1. The molecule has 1 unspecified atom stereocenters. The molecule has 0 aromatic rings. The zero-order valence-electron chi connectivity index (χ0n) is 7.28. The SMILES string of the molecule is O=C1NC(N2CCCC2=O)CCO1. The molecule has 0 radical (unpaired) electrons. The van der Waals surface area contributed by atoms with Gasteiger partial charge in [0.15, 0.2) is 0 Å². The Hall–Kier alpha value is -1.26. The van der Waals surface area contributed by atoms with Gasteiger partial charge in [0.05, 0.1) is 6.61 Å². The predicted molar refractivity (Wildman–Crippen MR) is 43.8 cm³/mol. The molecule has 72 valence electrons. The van der Waals surface area contributed by atoms with Gasteiger partial charge in [0.2, 0.25) is 5.91 Å². The first-order chi connectivity index (χ1) is 6.27. The average Bonchev–Trinajstić information content (AvgIpc) is 2.51. The largest absolute Gasteiger partial charge is 0.449 e. The number of hydrogen-bond acceptors (Lipinski definition) is 3. The minimum absolute atomic E-state index is 0.132. The fourth-order valence-electron chi connectivity index (χ4n) is 1.75. The van der Waals surface area contributed by atoms with Gasteiger partial charge in [-0.2, -0.15) is 0 Å². The van der Waals surface area contributed by atoms with Gasteiger partial charge in [-0.25, -0.2) is 4.79 Å². The molecule has 0 saturated carbocycles. The third kappa shape index (κ3) is 1.59. The van der Waals surface area contributed by atoms with Crippen molar-refractivity contribution in [3.8, 4) is 0 Å². The lowest BCUT2D eigenvalue weighted by Gasteiger charge is -2.31. The third-order valence-corrected chi connectivity index (χ3v) is 2.40. The number of ether oxygens (including phenoxy) is 1. The quantitative estimate of drug-likeness (QED) is 0.627. The highest BCUT2D eigenvalue weighted by Crippen LogP contribution is 2.16. The summed E-state index contributed by atoms with van der Waals surface area (Å²) < 4.78 is 4.71. The standard InChI is InChI=1S/C8H12N2O3/c11-7-2-1-4-10(7)6-3-5-13-8(12)9-6/h6H,1-5H2,(H,9,12). The monoisotopic (exact) mass is 184 g/mol. The fourth-order valence-corrected chi connectivity index (χ4v) is 1.75. The van der Waals surface area contributed by atoms with Crippen LogP contribution in [0.25, 0.3) is 0 Å². The smallest absolute Gasteiger partial charge is 0.408 e. The van der Waals surface area contributed by atoms with Crippen LogP contribution in [0.2, 0.25) is 0 Å². The van der Waals surface area contributed by atoms with E-state index < -0.39 is 6.09 Å². The van der Waals surface area contributed by atoms with E-state index in [1.54, 1.807) is 4.90 Å². The normalized spacial score (nSPS) is 28.6. The number of carbonyl (C=O) groups is 2. The van der Waals surface area contributed by atoms with Crippen molar-refractivity contribution in [2.45, 2.75) is 25.4 Å². The number of nitrogens with zero attached hydrogens (tertiary/aromatic N) is 1. The van der Waals surface area contributed by atoms with Gasteiger partial charge in [0, 0.05) is 19.4 Å². The molecule has 0 spiro atoms. The van der Waals surface area contributed by atoms with Crippen LogP contribution in [0.4, 0.5) is 4.79 Å². The maximum atomic E-state index is 11.3. The van der Waals surface area contributed by atoms with E-state index in [9.17, 15) is 9.59 Å². The Kier molecular flexibility index (Phi) is 2.08. The number of carbonyl (C=O) groups excluding carboxylic acids is 2. The Balaban J connectivity index is 1.99. The van der Waals surface area contributed by atoms with E-state index in [2.05, 4.69) is 5.32 Å². The van der Waals surface area contributed by atoms with E-state index in [0.717, 1.165) is 13.0 Å². The summed E-state index contributed by atoms with van der Waals surface area (Å²) in [5, 5.41) is 2.63. The van der Waals surface area contributed by atoms with Crippen LogP contribution in [0.15, 0.2) is 0 Å². The molecule has 2 aliphatic heterocycles. The maximum absolute atomic E-state index is 11.3. The minimum Gasteiger partial charge on any atom is -0.449 e. The minimum atomic E-state index is -0.420. The molecular weight excluding hydrogens is 172 g/mol. The molecule has 2 aliphatic rings. The summed E-state index contributed by atoms with van der Waals surface area (Å²) in [6, 6.07) is 0. The molecule has 5 heteroatoms. The van der Waals surface area contributed by atoms with Crippen molar-refractivity contribution in [1.29, 1.82) is 0 Å². The molecular formula is C8H12N2O3. The average molecular weight is 184 g/mol. The second-order valence-corrected chi connectivity index (χ2v) is 3.28. The van der Waals surface area contributed by atoms with Crippen LogP contribution in [0.3, 0.4) is 0 Å². The molecule has 0 aliphatic carbocycles. The number of rotatable bonds is 1. The Labute approximate surface area is 76.0 Å². The second-order valence-electron chi connectivity index (χ2n) is 3.28. The van der Waals surface area contributed by atoms with Crippen molar-refractivity contribution in [3.05, 3.63) is 0 Å². The van der Waals surface area contributed by atoms with Crippen LogP contribution in [0.1, 0.15) is 19.3 Å². The first kappa shape index (κ1) is 8.34. The molecule has 13 heavy (non-hydrogen) atoms. The zero-order valence-corrected chi connectivity index (χ0v) is 7.28. The van der Waals surface area contributed by atoms with Crippen molar-refractivity contribution in [2.24, 2.45) is 0 Å². The Bertz CT molecular complexity index is 242. The molecule has 1 N–H and O–H groups in total. The van der Waals surface area contributed by atoms with Gasteiger partial charge in [0.25, 0.3) is 0 Å². The zero-order chi connectivity index (χ0) is 9.26. The molecule has 5 nitrogen and oxygen atoms in total. The van der Waals surface area contributed by atoms with Crippen molar-refractivity contribution >= 4 is 12.0 Å². The van der Waals surface area contributed by atoms with Crippen LogP contribution in [0, 0.1) is 0 Å². The van der Waals surface area contributed by atoms with Crippen molar-refractivity contribution in [1.82, 2.24) is 10.2 Å². The molecule has 2 amide bonds. The molecule has 0 aromatic heterocycles. The molecule has 2 saturated heterocycles. The Morgan fingerprint density at radius 2 is 2.31 bits per heavy atom. The maximum Gasteiger partial charge on any atom is 0.408 e. The van der Waals surface area contributed by atoms with E-state index in [-0.39, 0.29) is 12.1 Å². The molecule has 1 atom stereocenters. The highest BCUT2D eigenvalue weighted by atomic mass is 16.6. The van der Waals surface area contributed by atoms with E-state index in [1.807, 2.05) is 0 Å². The van der Waals surface area contributed by atoms with E-state index in [1.165, 1.54) is 0 Å². The molecule has 2 fully saturated rings. The highest BCUT2D eigenvalue weighted by molar-refractivity contribution is 5.79. The fraction of sp³-hybridized carbons (Fsp3) is 0.750. The van der Waals surface area contributed by atoms with Gasteiger partial charge in [-0.1, -0.05) is 0 Å². The highest BCUT2D eigenvalue weighted by Gasteiger charge is 2.31. The summed E-state index contributed by atoms with van der Waals surface area (Å²) in [7, 11) is 0. The first-order valence-electron chi connectivity index (χ1n) is 4.50. The Morgan fingerprint density at radius 1 is 1.46 bits per heavy atom. The van der Waals surface area contributed by atoms with Gasteiger partial charge >= 0.3 is 6.09 Å². The van der Waals surface area contributed by atoms with Gasteiger partial charge in [-0.3, -0.25) is 4.79 Å². The molecule has 2 heterocycles. The van der Waals surface area contributed by atoms with Crippen molar-refractivity contribution in [2.75, 3.05) is 13.2 Å². The van der Waals surface area contributed by atoms with E-state index in [4.69, 9.17) is 4.74 Å². The summed E-state index contributed by atoms with van der Waals surface area (Å²) in [6.07, 6.45) is 1.63. The van der Waals surface area contributed by atoms with E-state index >= 15 is 0 Å². The van der Waals surface area contributed by atoms with Crippen LogP contribution < -0.4 is 5.32 Å². The lowest BCUT2D eigenvalue weighted by atomic mass is 10.3. The molecule has 2 rings (SSSR count). The number of alkyl carbamates (subject to hydrolysis) is 1. The summed E-state index contributed by atoms with van der Waals surface area (Å²) >= 11 is 0. The third-order valence-electron chi connectivity index (χ3n) is 2.40. The van der Waals surface area contributed by atoms with Gasteiger partial charge in [-0.15, -0.1) is 0 Å². The first-order valence-corrected chi connectivity index (χ1v) is 4.50. The van der Waals surface area contributed by atoms with Crippen LogP contribution in [0.5, 0.6) is 0 Å². The van der Waals surface area contributed by atoms with Crippen molar-refractivity contribution < 1.29 is 14.3 Å². The van der Waals surface area contributed by atoms with Gasteiger partial charge < -0.3 is 15.0 Å². The number of cyclic esters (lactones) is 1. The lowest BCUT2D eigenvalue weighted by molar-refractivity contribution is -0.130. The predicted octanol–water partition coefficient (Wildman–Crippen LogP) is 0.0648. The summed E-state index contributed by atoms with van der Waals surface area (Å²) in [5.41, 5.74) is 0. The number of amides is 2. The van der Waals surface area contributed by atoms with Crippen molar-refractivity contribution in [3.63, 3.8) is 0 Å². The van der Waals surface area contributed by atoms with Crippen LogP contribution in [-0.2, 0) is 9.53 Å². The van der Waals surface area contributed by atoms with Crippen LogP contribution >= 0.6 is 0 Å². The molecule has 0 aromatic carbocycles. The summed E-state index contributed by atoms with van der Waals surface area (Å²) in [4.78, 5) is 23.9. The Morgan fingerprint density at radius 3 is 2.92 bits per heavy atom. The summed E-state index contributed by atoms with van der Waals surface area (Å²) in [6.45, 7) is 1.16. The topological polar surface area (TPSA) is 58.6 Å². The lowest BCUT2D eigenvalue weighted by Crippen LogP contribution is -2.52.